The summed E-state index contributed by atoms with van der Waals surface area (Å²) < 4.78 is 29.1. The van der Waals surface area contributed by atoms with Gasteiger partial charge in [0.1, 0.15) is 17.0 Å². The number of amides is 1. The van der Waals surface area contributed by atoms with Gasteiger partial charge in [-0.2, -0.15) is 0 Å². The number of benzene rings is 2. The van der Waals surface area contributed by atoms with E-state index in [1.54, 1.807) is 6.07 Å². The molecule has 1 saturated carbocycles. The topological polar surface area (TPSA) is 78.4 Å². The van der Waals surface area contributed by atoms with Crippen LogP contribution in [0.2, 0.25) is 10.0 Å². The second kappa shape index (κ2) is 9.30. The molecular weight excluding hydrogens is 521 g/mol. The minimum Gasteiger partial charge on any atom is -0.393 e. The molecule has 1 spiro atoms. The molecule has 1 aliphatic carbocycles. The van der Waals surface area contributed by atoms with Gasteiger partial charge in [0.15, 0.2) is 5.78 Å². The van der Waals surface area contributed by atoms with Gasteiger partial charge < -0.3 is 15.7 Å². The molecule has 0 radical (unpaired) electrons. The molecule has 3 aliphatic rings. The number of halogens is 4. The van der Waals surface area contributed by atoms with Crippen LogP contribution in [0.15, 0.2) is 30.3 Å². The van der Waals surface area contributed by atoms with Gasteiger partial charge in [-0.25, -0.2) is 8.78 Å². The molecule has 1 amide bonds. The van der Waals surface area contributed by atoms with Gasteiger partial charge in [0.2, 0.25) is 5.91 Å². The first-order valence-corrected chi connectivity index (χ1v) is 13.3. The van der Waals surface area contributed by atoms with E-state index in [-0.39, 0.29) is 39.5 Å². The third kappa shape index (κ3) is 4.48. The lowest BCUT2D eigenvalue weighted by Crippen LogP contribution is -2.49. The van der Waals surface area contributed by atoms with E-state index < -0.39 is 41.2 Å². The summed E-state index contributed by atoms with van der Waals surface area (Å²) in [7, 11) is 0. The lowest BCUT2D eigenvalue weighted by Gasteiger charge is -2.38. The second-order valence-corrected chi connectivity index (χ2v) is 12.7. The molecule has 198 valence electrons. The number of Topliss-reactive ketones (excluding diaryl/α,β-unsaturated/α-hetero) is 1. The van der Waals surface area contributed by atoms with Crippen LogP contribution in [0.4, 0.5) is 14.5 Å². The fourth-order valence-electron chi connectivity index (χ4n) is 6.47. The Labute approximate surface area is 224 Å². The van der Waals surface area contributed by atoms with Gasteiger partial charge in [0, 0.05) is 24.1 Å². The average Bonchev–Trinajstić information content (AvgIpc) is 3.24. The van der Waals surface area contributed by atoms with Crippen LogP contribution in [0.1, 0.15) is 63.5 Å². The van der Waals surface area contributed by atoms with Gasteiger partial charge in [0.25, 0.3) is 0 Å². The van der Waals surface area contributed by atoms with Crippen LogP contribution >= 0.6 is 23.2 Å². The summed E-state index contributed by atoms with van der Waals surface area (Å²) in [6, 6.07) is 5.55. The third-order valence-corrected chi connectivity index (χ3v) is 8.63. The summed E-state index contributed by atoms with van der Waals surface area (Å²) >= 11 is 12.3. The molecule has 2 heterocycles. The van der Waals surface area contributed by atoms with E-state index in [4.69, 9.17) is 23.2 Å². The highest BCUT2D eigenvalue weighted by molar-refractivity contribution is 6.31. The molecule has 0 unspecified atom stereocenters. The number of carbonyl (C=O) groups excluding carboxylic acids is 2. The Hall–Kier alpha value is -2.06. The van der Waals surface area contributed by atoms with Gasteiger partial charge in [-0.1, -0.05) is 50.0 Å². The second-order valence-electron chi connectivity index (χ2n) is 11.9. The van der Waals surface area contributed by atoms with Crippen molar-refractivity contribution in [1.82, 2.24) is 5.32 Å². The van der Waals surface area contributed by atoms with E-state index in [0.717, 1.165) is 0 Å². The molecule has 0 aromatic heterocycles. The third-order valence-electron chi connectivity index (χ3n) is 8.05. The summed E-state index contributed by atoms with van der Waals surface area (Å²) in [6.07, 6.45) is 1.44. The number of rotatable bonds is 5. The van der Waals surface area contributed by atoms with Crippen molar-refractivity contribution in [3.63, 3.8) is 0 Å². The largest absolute Gasteiger partial charge is 0.393 e. The lowest BCUT2D eigenvalue weighted by atomic mass is 9.62. The zero-order valence-corrected chi connectivity index (χ0v) is 22.4. The maximum Gasteiger partial charge on any atom is 0.237 e. The number of hydrogen-bond donors (Lipinski definition) is 3. The molecule has 2 aliphatic heterocycles. The fourth-order valence-corrected chi connectivity index (χ4v) is 6.82. The molecule has 9 heteroatoms. The summed E-state index contributed by atoms with van der Waals surface area (Å²) in [5.41, 5.74) is -0.291. The Morgan fingerprint density at radius 3 is 2.41 bits per heavy atom. The van der Waals surface area contributed by atoms with Gasteiger partial charge in [-0.15, -0.1) is 0 Å². The Kier molecular flexibility index (Phi) is 6.67. The van der Waals surface area contributed by atoms with Crippen molar-refractivity contribution >= 4 is 40.6 Å². The van der Waals surface area contributed by atoms with Crippen molar-refractivity contribution in [2.45, 2.75) is 76.0 Å². The quantitative estimate of drug-likeness (QED) is 0.442. The molecule has 2 fully saturated rings. The van der Waals surface area contributed by atoms with Gasteiger partial charge in [0.05, 0.1) is 22.2 Å². The standard InChI is InChI=1S/C28H30Cl2F2N2O3/c1-27(2,3)12-23-28(16-10-20(32)18(30)11-21(16)33-26(28)37)24(14-4-5-19(31)17(29)9-14)25(34-23)22(36)8-13-6-15(35)7-13/h4-5,9-11,13,15,23-25,34-35H,6-8,12H2,1-3H3,(H,33,37)/t13?,15?,23-,24+,25+,28+/m1/s1. The Morgan fingerprint density at radius 2 is 1.78 bits per heavy atom. The molecule has 5 rings (SSSR count). The van der Waals surface area contributed by atoms with Crippen LogP contribution in [0.3, 0.4) is 0 Å². The number of aliphatic hydroxyl groups excluding tert-OH is 1. The maximum absolute atomic E-state index is 14.9. The SMILES string of the molecule is CC(C)(C)C[C@H]1N[C@@H](C(=O)CC2CC(O)C2)[C@H](c2ccc(F)c(Cl)c2)[C@@]12C(=O)Nc1cc(Cl)c(F)cc12. The van der Waals surface area contributed by atoms with E-state index in [0.29, 0.717) is 36.1 Å². The van der Waals surface area contributed by atoms with Crippen LogP contribution in [-0.2, 0) is 15.0 Å². The molecule has 5 nitrogen and oxygen atoms in total. The summed E-state index contributed by atoms with van der Waals surface area (Å²) in [5, 5.41) is 15.8. The van der Waals surface area contributed by atoms with Gasteiger partial charge >= 0.3 is 0 Å². The summed E-state index contributed by atoms with van der Waals surface area (Å²) in [6.45, 7) is 6.10. The van der Waals surface area contributed by atoms with Crippen molar-refractivity contribution in [2.24, 2.45) is 11.3 Å². The fraction of sp³-hybridized carbons (Fsp3) is 0.500. The van der Waals surface area contributed by atoms with Crippen LogP contribution in [-0.4, -0.2) is 35.0 Å². The summed E-state index contributed by atoms with van der Waals surface area (Å²) in [5.74, 6) is -2.48. The molecule has 2 aromatic rings. The normalized spacial score (nSPS) is 30.8. The number of ketones is 1. The van der Waals surface area contributed by atoms with E-state index in [1.165, 1.54) is 24.3 Å². The van der Waals surface area contributed by atoms with E-state index in [2.05, 4.69) is 10.6 Å². The maximum atomic E-state index is 14.9. The highest BCUT2D eigenvalue weighted by Gasteiger charge is 2.65. The molecule has 3 N–H and O–H groups in total. The number of aliphatic hydroxyl groups is 1. The van der Waals surface area contributed by atoms with Crippen molar-refractivity contribution in [1.29, 1.82) is 0 Å². The molecule has 1 saturated heterocycles. The Balaban J connectivity index is 1.71. The number of fused-ring (bicyclic) bond motifs is 2. The monoisotopic (exact) mass is 550 g/mol. The van der Waals surface area contributed by atoms with Crippen molar-refractivity contribution in [3.8, 4) is 0 Å². The zero-order valence-electron chi connectivity index (χ0n) is 20.9. The van der Waals surface area contributed by atoms with Crippen molar-refractivity contribution in [3.05, 3.63) is 63.1 Å². The highest BCUT2D eigenvalue weighted by atomic mass is 35.5. The van der Waals surface area contributed by atoms with E-state index in [9.17, 15) is 23.5 Å². The first-order valence-electron chi connectivity index (χ1n) is 12.5. The number of carbonyl (C=O) groups is 2. The van der Waals surface area contributed by atoms with E-state index in [1.807, 2.05) is 20.8 Å². The Morgan fingerprint density at radius 1 is 1.11 bits per heavy atom. The molecule has 4 atom stereocenters. The minimum atomic E-state index is -1.37. The van der Waals surface area contributed by atoms with E-state index >= 15 is 0 Å². The molecular formula is C28H30Cl2F2N2O3. The predicted octanol–water partition coefficient (Wildman–Crippen LogP) is 5.75. The average molecular weight is 551 g/mol. The minimum absolute atomic E-state index is 0.0558. The smallest absolute Gasteiger partial charge is 0.237 e. The van der Waals surface area contributed by atoms with Crippen LogP contribution in [0, 0.1) is 23.0 Å². The summed E-state index contributed by atoms with van der Waals surface area (Å²) in [4.78, 5) is 27.8. The van der Waals surface area contributed by atoms with Crippen molar-refractivity contribution < 1.29 is 23.5 Å². The predicted molar refractivity (Wildman–Crippen MR) is 139 cm³/mol. The highest BCUT2D eigenvalue weighted by Crippen LogP contribution is 2.57. The molecule has 2 aromatic carbocycles. The van der Waals surface area contributed by atoms with Crippen LogP contribution in [0.5, 0.6) is 0 Å². The lowest BCUT2D eigenvalue weighted by molar-refractivity contribution is -0.124. The Bertz CT molecular complexity index is 1270. The first-order chi connectivity index (χ1) is 17.3. The number of hydrogen-bond acceptors (Lipinski definition) is 4. The number of nitrogens with one attached hydrogen (secondary N) is 2. The first kappa shape index (κ1) is 26.5. The van der Waals surface area contributed by atoms with Gasteiger partial charge in [-0.05, 0) is 66.0 Å². The van der Waals surface area contributed by atoms with Crippen LogP contribution < -0.4 is 10.6 Å². The van der Waals surface area contributed by atoms with Crippen LogP contribution in [0.25, 0.3) is 0 Å². The zero-order chi connectivity index (χ0) is 26.9. The molecule has 37 heavy (non-hydrogen) atoms. The molecule has 0 bridgehead atoms. The van der Waals surface area contributed by atoms with Gasteiger partial charge in [-0.3, -0.25) is 9.59 Å². The number of anilines is 1. The van der Waals surface area contributed by atoms with Crippen molar-refractivity contribution in [2.75, 3.05) is 5.32 Å².